The van der Waals surface area contributed by atoms with Crippen LogP contribution in [-0.2, 0) is 11.0 Å². The lowest BCUT2D eigenvalue weighted by atomic mass is 10.1. The number of alkyl halides is 3. The van der Waals surface area contributed by atoms with E-state index in [0.717, 1.165) is 16.8 Å². The van der Waals surface area contributed by atoms with Gasteiger partial charge in [-0.25, -0.2) is 4.39 Å². The monoisotopic (exact) mass is 390 g/mol. The summed E-state index contributed by atoms with van der Waals surface area (Å²) >= 11 is 0. The average Bonchev–Trinajstić information content (AvgIpc) is 2.66. The lowest BCUT2D eigenvalue weighted by molar-refractivity contribution is -0.140. The summed E-state index contributed by atoms with van der Waals surface area (Å²) in [4.78, 5) is 24.1. The van der Waals surface area contributed by atoms with Gasteiger partial charge < -0.3 is 10.6 Å². The maximum Gasteiger partial charge on any atom is 0.419 e. The Morgan fingerprint density at radius 1 is 0.929 bits per heavy atom. The van der Waals surface area contributed by atoms with Crippen LogP contribution < -0.4 is 10.6 Å². The number of hydrogen-bond donors (Lipinski definition) is 2. The second-order valence-corrected chi connectivity index (χ2v) is 5.95. The number of fused-ring (bicyclic) bond motifs is 1. The van der Waals surface area contributed by atoms with Crippen LogP contribution in [0, 0.1) is 5.82 Å². The number of halogens is 4. The molecule has 0 bridgehead atoms. The number of rotatable bonds is 4. The van der Waals surface area contributed by atoms with Gasteiger partial charge in [0.05, 0.1) is 12.1 Å². The van der Waals surface area contributed by atoms with Gasteiger partial charge in [0, 0.05) is 16.6 Å². The normalized spacial score (nSPS) is 11.3. The van der Waals surface area contributed by atoms with E-state index >= 15 is 0 Å². The van der Waals surface area contributed by atoms with Crippen LogP contribution in [-0.4, -0.2) is 18.4 Å². The van der Waals surface area contributed by atoms with Gasteiger partial charge in [0.15, 0.2) is 0 Å². The molecule has 0 heterocycles. The molecule has 0 atom stereocenters. The van der Waals surface area contributed by atoms with Crippen molar-refractivity contribution in [2.24, 2.45) is 0 Å². The van der Waals surface area contributed by atoms with E-state index in [4.69, 9.17) is 0 Å². The van der Waals surface area contributed by atoms with Gasteiger partial charge in [-0.3, -0.25) is 9.59 Å². The number of anilines is 1. The molecule has 28 heavy (non-hydrogen) atoms. The molecule has 0 saturated carbocycles. The summed E-state index contributed by atoms with van der Waals surface area (Å²) < 4.78 is 51.5. The molecule has 3 aromatic rings. The van der Waals surface area contributed by atoms with E-state index in [1.54, 1.807) is 12.1 Å². The topological polar surface area (TPSA) is 58.2 Å². The van der Waals surface area contributed by atoms with Gasteiger partial charge in [-0.2, -0.15) is 13.2 Å². The predicted molar refractivity (Wildman–Crippen MR) is 96.3 cm³/mol. The summed E-state index contributed by atoms with van der Waals surface area (Å²) in [7, 11) is 0. The van der Waals surface area contributed by atoms with Gasteiger partial charge in [-0.15, -0.1) is 0 Å². The maximum absolute atomic E-state index is 13.3. The summed E-state index contributed by atoms with van der Waals surface area (Å²) in [5, 5.41) is 6.58. The number of amides is 2. The van der Waals surface area contributed by atoms with Crippen LogP contribution in [0.2, 0.25) is 0 Å². The molecular formula is C20H14F4N2O2. The van der Waals surface area contributed by atoms with Crippen molar-refractivity contribution in [3.8, 4) is 0 Å². The number of carbonyl (C=O) groups excluding carboxylic acids is 2. The van der Waals surface area contributed by atoms with Gasteiger partial charge in [0.1, 0.15) is 5.82 Å². The van der Waals surface area contributed by atoms with Crippen LogP contribution in [0.25, 0.3) is 10.8 Å². The van der Waals surface area contributed by atoms with E-state index in [1.807, 2.05) is 30.3 Å². The second kappa shape index (κ2) is 7.67. The molecule has 3 rings (SSSR count). The number of carbonyl (C=O) groups is 2. The van der Waals surface area contributed by atoms with Crippen LogP contribution in [0.5, 0.6) is 0 Å². The molecule has 3 aromatic carbocycles. The molecule has 0 saturated heterocycles. The first-order valence-electron chi connectivity index (χ1n) is 8.18. The molecule has 8 heteroatoms. The standard InChI is InChI=1S/C20H14F4N2O2/c21-16-9-8-13(10-15(16)20(22,23)24)19(28)25-11-18(27)26-17-7-3-5-12-4-1-2-6-14(12)17/h1-10H,11H2,(H,25,28)(H,26,27). The van der Waals surface area contributed by atoms with E-state index in [-0.39, 0.29) is 0 Å². The first-order valence-corrected chi connectivity index (χ1v) is 8.18. The van der Waals surface area contributed by atoms with Gasteiger partial charge in [-0.1, -0.05) is 36.4 Å². The number of nitrogens with one attached hydrogen (secondary N) is 2. The third kappa shape index (κ3) is 4.28. The Kier molecular flexibility index (Phi) is 5.30. The highest BCUT2D eigenvalue weighted by atomic mass is 19.4. The Labute approximate surface area is 157 Å². The first kappa shape index (κ1) is 19.3. The molecular weight excluding hydrogens is 376 g/mol. The molecule has 0 aliphatic rings. The zero-order valence-electron chi connectivity index (χ0n) is 14.3. The summed E-state index contributed by atoms with van der Waals surface area (Å²) in [5.74, 6) is -2.95. The Morgan fingerprint density at radius 3 is 2.39 bits per heavy atom. The SMILES string of the molecule is O=C(CNC(=O)c1ccc(F)c(C(F)(F)F)c1)Nc1cccc2ccccc12. The summed E-state index contributed by atoms with van der Waals surface area (Å²) in [5.41, 5.74) is -1.40. The van der Waals surface area contributed by atoms with Crippen molar-refractivity contribution in [3.63, 3.8) is 0 Å². The maximum atomic E-state index is 13.3. The fourth-order valence-corrected chi connectivity index (χ4v) is 2.68. The minimum Gasteiger partial charge on any atom is -0.343 e. The van der Waals surface area contributed by atoms with Crippen molar-refractivity contribution >= 4 is 28.3 Å². The van der Waals surface area contributed by atoms with E-state index < -0.39 is 41.5 Å². The molecule has 0 radical (unpaired) electrons. The highest BCUT2D eigenvalue weighted by Gasteiger charge is 2.34. The lowest BCUT2D eigenvalue weighted by Crippen LogP contribution is -2.33. The van der Waals surface area contributed by atoms with Crippen molar-refractivity contribution in [2.45, 2.75) is 6.18 Å². The highest BCUT2D eigenvalue weighted by Crippen LogP contribution is 2.31. The minimum atomic E-state index is -4.92. The van der Waals surface area contributed by atoms with Crippen LogP contribution >= 0.6 is 0 Å². The molecule has 0 fully saturated rings. The minimum absolute atomic E-state index is 0.397. The van der Waals surface area contributed by atoms with Crippen LogP contribution in [0.4, 0.5) is 23.2 Å². The molecule has 0 aliphatic carbocycles. The van der Waals surface area contributed by atoms with Crippen molar-refractivity contribution < 1.29 is 27.2 Å². The third-order valence-corrected chi connectivity index (χ3v) is 4.01. The molecule has 0 spiro atoms. The number of hydrogen-bond acceptors (Lipinski definition) is 2. The fourth-order valence-electron chi connectivity index (χ4n) is 2.68. The zero-order valence-corrected chi connectivity index (χ0v) is 14.3. The van der Waals surface area contributed by atoms with Crippen molar-refractivity contribution in [3.05, 3.63) is 77.6 Å². The summed E-state index contributed by atoms with van der Waals surface area (Å²) in [6.07, 6.45) is -4.92. The average molecular weight is 390 g/mol. The van der Waals surface area contributed by atoms with Crippen molar-refractivity contribution in [1.82, 2.24) is 5.32 Å². The van der Waals surface area contributed by atoms with Crippen molar-refractivity contribution in [2.75, 3.05) is 11.9 Å². The molecule has 4 nitrogen and oxygen atoms in total. The van der Waals surface area contributed by atoms with E-state index in [9.17, 15) is 27.2 Å². The number of benzene rings is 3. The summed E-state index contributed by atoms with van der Waals surface area (Å²) in [6.45, 7) is -0.458. The zero-order chi connectivity index (χ0) is 20.3. The lowest BCUT2D eigenvalue weighted by Gasteiger charge is -2.11. The van der Waals surface area contributed by atoms with Crippen LogP contribution in [0.1, 0.15) is 15.9 Å². The predicted octanol–water partition coefficient (Wildman–Crippen LogP) is 4.37. The van der Waals surface area contributed by atoms with E-state index in [0.29, 0.717) is 17.8 Å². The molecule has 0 aromatic heterocycles. The molecule has 2 N–H and O–H groups in total. The van der Waals surface area contributed by atoms with Crippen LogP contribution in [0.15, 0.2) is 60.7 Å². The fraction of sp³-hybridized carbons (Fsp3) is 0.100. The highest BCUT2D eigenvalue weighted by molar-refractivity contribution is 6.04. The van der Waals surface area contributed by atoms with E-state index in [2.05, 4.69) is 10.6 Å². The van der Waals surface area contributed by atoms with E-state index in [1.165, 1.54) is 0 Å². The molecule has 2 amide bonds. The van der Waals surface area contributed by atoms with Gasteiger partial charge in [0.25, 0.3) is 5.91 Å². The Hall–Kier alpha value is -3.42. The third-order valence-electron chi connectivity index (χ3n) is 4.01. The quantitative estimate of drug-likeness (QED) is 0.650. The van der Waals surface area contributed by atoms with Crippen LogP contribution in [0.3, 0.4) is 0 Å². The molecule has 0 unspecified atom stereocenters. The molecule has 144 valence electrons. The Balaban J connectivity index is 1.67. The molecule has 0 aliphatic heterocycles. The van der Waals surface area contributed by atoms with Crippen molar-refractivity contribution in [1.29, 1.82) is 0 Å². The second-order valence-electron chi connectivity index (χ2n) is 5.95. The van der Waals surface area contributed by atoms with Gasteiger partial charge in [0.2, 0.25) is 5.91 Å². The first-order chi connectivity index (χ1) is 13.3. The smallest absolute Gasteiger partial charge is 0.343 e. The Morgan fingerprint density at radius 2 is 1.64 bits per heavy atom. The largest absolute Gasteiger partial charge is 0.419 e. The van der Waals surface area contributed by atoms with Gasteiger partial charge >= 0.3 is 6.18 Å². The Bertz CT molecular complexity index is 1040. The summed E-state index contributed by atoms with van der Waals surface area (Å²) in [6, 6.07) is 14.6. The van der Waals surface area contributed by atoms with Gasteiger partial charge in [-0.05, 0) is 29.7 Å².